The molecule has 0 bridgehead atoms. The molecule has 0 radical (unpaired) electrons. The molecule has 0 N–H and O–H groups in total. The molecule has 110 valence electrons. The van der Waals surface area contributed by atoms with Crippen LogP contribution in [0.5, 0.6) is 5.75 Å². The maximum absolute atomic E-state index is 12.3. The number of pyridine rings is 1. The lowest BCUT2D eigenvalue weighted by atomic mass is 10.2. The summed E-state index contributed by atoms with van der Waals surface area (Å²) in [5, 5.41) is 1.61. The van der Waals surface area contributed by atoms with E-state index in [4.69, 9.17) is 27.9 Å². The minimum absolute atomic E-state index is 0.252. The van der Waals surface area contributed by atoms with Gasteiger partial charge in [-0.15, -0.1) is 0 Å². The Morgan fingerprint density at radius 2 is 1.91 bits per heavy atom. The quantitative estimate of drug-likeness (QED) is 0.486. The lowest BCUT2D eigenvalue weighted by Gasteiger charge is -2.09. The summed E-state index contributed by atoms with van der Waals surface area (Å²) in [6.45, 7) is 1.88. The molecule has 1 aromatic heterocycles. The molecule has 0 aliphatic heterocycles. The van der Waals surface area contributed by atoms with Crippen molar-refractivity contribution < 1.29 is 9.53 Å². The van der Waals surface area contributed by atoms with Crippen LogP contribution in [0.1, 0.15) is 16.1 Å². The van der Waals surface area contributed by atoms with E-state index in [0.29, 0.717) is 16.3 Å². The molecule has 1 heterocycles. The molecule has 0 spiro atoms. The number of esters is 1. The van der Waals surface area contributed by atoms with Gasteiger partial charge < -0.3 is 4.74 Å². The first-order valence-corrected chi connectivity index (χ1v) is 7.34. The largest absolute Gasteiger partial charge is 0.421 e. The molecule has 0 atom stereocenters. The minimum Gasteiger partial charge on any atom is -0.421 e. The topological polar surface area (TPSA) is 39.2 Å². The number of aromatic nitrogens is 1. The Hall–Kier alpha value is -2.10. The predicted octanol–water partition coefficient (Wildman–Crippen LogP) is 5.07. The van der Waals surface area contributed by atoms with Crippen LogP contribution in [0, 0.1) is 6.92 Å². The molecule has 0 saturated heterocycles. The van der Waals surface area contributed by atoms with Gasteiger partial charge in [0.1, 0.15) is 5.52 Å². The third-order valence-corrected chi connectivity index (χ3v) is 3.72. The van der Waals surface area contributed by atoms with Gasteiger partial charge in [-0.25, -0.2) is 9.78 Å². The van der Waals surface area contributed by atoms with Crippen molar-refractivity contribution in [1.82, 2.24) is 4.98 Å². The number of hydrogen-bond acceptors (Lipinski definition) is 3. The van der Waals surface area contributed by atoms with E-state index < -0.39 is 5.97 Å². The van der Waals surface area contributed by atoms with E-state index in [0.717, 1.165) is 11.1 Å². The molecule has 5 heteroatoms. The van der Waals surface area contributed by atoms with Crippen LogP contribution in [0.2, 0.25) is 10.0 Å². The Morgan fingerprint density at radius 1 is 1.09 bits per heavy atom. The molecule has 2 aromatic carbocycles. The molecule has 0 aliphatic rings. The van der Waals surface area contributed by atoms with Crippen molar-refractivity contribution in [3.05, 3.63) is 69.8 Å². The van der Waals surface area contributed by atoms with Crippen molar-refractivity contribution >= 4 is 40.1 Å². The normalized spacial score (nSPS) is 10.7. The SMILES string of the molecule is Cc1ccc2cccc(OC(=O)c3ccc(Cl)cc3Cl)c2n1. The summed E-state index contributed by atoms with van der Waals surface area (Å²) in [5.74, 6) is -0.144. The summed E-state index contributed by atoms with van der Waals surface area (Å²) in [4.78, 5) is 16.7. The van der Waals surface area contributed by atoms with E-state index in [1.165, 1.54) is 12.1 Å². The van der Waals surface area contributed by atoms with Crippen molar-refractivity contribution in [2.45, 2.75) is 6.92 Å². The standard InChI is InChI=1S/C17H11Cl2NO2/c1-10-5-6-11-3-2-4-15(16(11)20-10)22-17(21)13-8-7-12(18)9-14(13)19/h2-9H,1H3. The average Bonchev–Trinajstić information content (AvgIpc) is 2.47. The highest BCUT2D eigenvalue weighted by Crippen LogP contribution is 2.27. The number of hydrogen-bond donors (Lipinski definition) is 0. The average molecular weight is 332 g/mol. The minimum atomic E-state index is -0.544. The van der Waals surface area contributed by atoms with Crippen LogP contribution >= 0.6 is 23.2 Å². The fourth-order valence-electron chi connectivity index (χ4n) is 2.11. The van der Waals surface area contributed by atoms with Crippen LogP contribution in [0.15, 0.2) is 48.5 Å². The van der Waals surface area contributed by atoms with Gasteiger partial charge in [0.2, 0.25) is 0 Å². The number of carbonyl (C=O) groups is 1. The lowest BCUT2D eigenvalue weighted by molar-refractivity contribution is 0.0737. The van der Waals surface area contributed by atoms with E-state index in [1.807, 2.05) is 31.2 Å². The highest BCUT2D eigenvalue weighted by atomic mass is 35.5. The molecule has 0 unspecified atom stereocenters. The number of rotatable bonds is 2. The summed E-state index contributed by atoms with van der Waals surface area (Å²) in [7, 11) is 0. The second kappa shape index (κ2) is 5.95. The van der Waals surface area contributed by atoms with Crippen LogP contribution in [0.4, 0.5) is 0 Å². The Labute approximate surface area is 137 Å². The molecular weight excluding hydrogens is 321 g/mol. The highest BCUT2D eigenvalue weighted by Gasteiger charge is 2.15. The van der Waals surface area contributed by atoms with Crippen LogP contribution in [0.3, 0.4) is 0 Å². The van der Waals surface area contributed by atoms with Crippen LogP contribution in [-0.4, -0.2) is 11.0 Å². The summed E-state index contributed by atoms with van der Waals surface area (Å²) < 4.78 is 5.46. The van der Waals surface area contributed by atoms with Crippen molar-refractivity contribution in [1.29, 1.82) is 0 Å². The smallest absolute Gasteiger partial charge is 0.345 e. The fraction of sp³-hybridized carbons (Fsp3) is 0.0588. The van der Waals surface area contributed by atoms with Crippen LogP contribution in [-0.2, 0) is 0 Å². The number of nitrogens with zero attached hydrogens (tertiary/aromatic N) is 1. The Morgan fingerprint density at radius 3 is 2.68 bits per heavy atom. The first-order chi connectivity index (χ1) is 10.5. The van der Waals surface area contributed by atoms with Crippen molar-refractivity contribution in [2.75, 3.05) is 0 Å². The zero-order valence-corrected chi connectivity index (χ0v) is 13.2. The first kappa shape index (κ1) is 14.8. The van der Waals surface area contributed by atoms with Crippen LogP contribution in [0.25, 0.3) is 10.9 Å². The Bertz CT molecular complexity index is 878. The summed E-state index contributed by atoms with van der Waals surface area (Å²) in [5.41, 5.74) is 1.75. The lowest BCUT2D eigenvalue weighted by Crippen LogP contribution is -2.09. The van der Waals surface area contributed by atoms with Gasteiger partial charge in [0.05, 0.1) is 10.6 Å². The number of aryl methyl sites for hydroxylation is 1. The number of fused-ring (bicyclic) bond motifs is 1. The van der Waals surface area contributed by atoms with Gasteiger partial charge in [-0.3, -0.25) is 0 Å². The van der Waals surface area contributed by atoms with Crippen molar-refractivity contribution in [3.8, 4) is 5.75 Å². The molecule has 0 saturated carbocycles. The van der Waals surface area contributed by atoms with Gasteiger partial charge in [-0.2, -0.15) is 0 Å². The molecule has 3 nitrogen and oxygen atoms in total. The van der Waals surface area contributed by atoms with Gasteiger partial charge in [-0.05, 0) is 37.3 Å². The fourth-order valence-corrected chi connectivity index (χ4v) is 2.60. The highest BCUT2D eigenvalue weighted by molar-refractivity contribution is 6.36. The van der Waals surface area contributed by atoms with Gasteiger partial charge >= 0.3 is 5.97 Å². The number of halogens is 2. The zero-order valence-electron chi connectivity index (χ0n) is 11.6. The third kappa shape index (κ3) is 2.91. The van der Waals surface area contributed by atoms with E-state index >= 15 is 0 Å². The number of para-hydroxylation sites is 1. The van der Waals surface area contributed by atoms with Crippen LogP contribution < -0.4 is 4.74 Å². The van der Waals surface area contributed by atoms with Crippen molar-refractivity contribution in [2.24, 2.45) is 0 Å². The van der Waals surface area contributed by atoms with E-state index in [9.17, 15) is 4.79 Å². The molecule has 0 amide bonds. The molecule has 3 rings (SSSR count). The summed E-state index contributed by atoms with van der Waals surface area (Å²) in [6, 6.07) is 13.9. The van der Waals surface area contributed by atoms with E-state index in [-0.39, 0.29) is 10.6 Å². The van der Waals surface area contributed by atoms with Gasteiger partial charge in [-0.1, -0.05) is 41.4 Å². The molecule has 0 aliphatic carbocycles. The molecule has 0 fully saturated rings. The third-order valence-electron chi connectivity index (χ3n) is 3.18. The summed E-state index contributed by atoms with van der Waals surface area (Å²) in [6.07, 6.45) is 0. The van der Waals surface area contributed by atoms with E-state index in [2.05, 4.69) is 4.98 Å². The predicted molar refractivity (Wildman–Crippen MR) is 87.9 cm³/mol. The Kier molecular flexibility index (Phi) is 4.01. The monoisotopic (exact) mass is 331 g/mol. The molecular formula is C17H11Cl2NO2. The van der Waals surface area contributed by atoms with Gasteiger partial charge in [0.25, 0.3) is 0 Å². The first-order valence-electron chi connectivity index (χ1n) is 6.58. The van der Waals surface area contributed by atoms with Gasteiger partial charge in [0.15, 0.2) is 5.75 Å². The molecule has 3 aromatic rings. The second-order valence-electron chi connectivity index (χ2n) is 4.79. The number of carbonyl (C=O) groups excluding carboxylic acids is 1. The maximum Gasteiger partial charge on any atom is 0.345 e. The number of ether oxygens (including phenoxy) is 1. The zero-order chi connectivity index (χ0) is 15.7. The van der Waals surface area contributed by atoms with Crippen molar-refractivity contribution in [3.63, 3.8) is 0 Å². The molecule has 22 heavy (non-hydrogen) atoms. The number of benzene rings is 2. The second-order valence-corrected chi connectivity index (χ2v) is 5.64. The summed E-state index contributed by atoms with van der Waals surface area (Å²) >= 11 is 11.9. The Balaban J connectivity index is 1.99. The van der Waals surface area contributed by atoms with E-state index in [1.54, 1.807) is 12.1 Å². The van der Waals surface area contributed by atoms with Gasteiger partial charge in [0, 0.05) is 16.1 Å². The maximum atomic E-state index is 12.3.